The lowest BCUT2D eigenvalue weighted by Gasteiger charge is -2.22. The minimum Gasteiger partial charge on any atom is -0.392 e. The maximum absolute atomic E-state index is 14.7. The van der Waals surface area contributed by atoms with Gasteiger partial charge in [0.05, 0.1) is 11.5 Å². The molecule has 36 heavy (non-hydrogen) atoms. The van der Waals surface area contributed by atoms with E-state index in [0.29, 0.717) is 22.9 Å². The van der Waals surface area contributed by atoms with E-state index in [4.69, 9.17) is 0 Å². The molecule has 0 saturated heterocycles. The van der Waals surface area contributed by atoms with Crippen LogP contribution in [-0.2, 0) is 0 Å². The van der Waals surface area contributed by atoms with Crippen molar-refractivity contribution in [3.05, 3.63) is 63.7 Å². The molecular weight excluding hydrogens is 494 g/mol. The van der Waals surface area contributed by atoms with E-state index in [1.807, 2.05) is 0 Å². The van der Waals surface area contributed by atoms with Crippen LogP contribution in [0.3, 0.4) is 0 Å². The summed E-state index contributed by atoms with van der Waals surface area (Å²) in [6.07, 6.45) is -5.46. The number of nitrogens with one attached hydrogen (secondary N) is 1. The molecule has 0 radical (unpaired) electrons. The number of anilines is 1. The fourth-order valence-electron chi connectivity index (χ4n) is 3.64. The summed E-state index contributed by atoms with van der Waals surface area (Å²) in [5.41, 5.74) is -3.11. The van der Waals surface area contributed by atoms with Crippen LogP contribution in [0.2, 0.25) is 0 Å². The van der Waals surface area contributed by atoms with Gasteiger partial charge in [0.1, 0.15) is 28.9 Å². The SMILES string of the molecule is CC[C@H](NC(=O)c1cn(-c2c(F)cc(F)cc2F)c2nc(N(C)C[C@H](C)O)ccc2c1=O)C(F)(F)F. The number of hydrogen-bond donors (Lipinski definition) is 2. The zero-order valence-corrected chi connectivity index (χ0v) is 19.3. The first-order valence-corrected chi connectivity index (χ1v) is 10.7. The first-order chi connectivity index (χ1) is 16.7. The molecule has 0 saturated carbocycles. The fraction of sp³-hybridized carbons (Fsp3) is 0.348. The van der Waals surface area contributed by atoms with Crippen molar-refractivity contribution in [1.29, 1.82) is 0 Å². The first-order valence-electron chi connectivity index (χ1n) is 10.7. The van der Waals surface area contributed by atoms with Crippen LogP contribution in [0.25, 0.3) is 16.7 Å². The zero-order valence-electron chi connectivity index (χ0n) is 19.3. The number of aliphatic hydroxyl groups is 1. The average molecular weight is 516 g/mol. The summed E-state index contributed by atoms with van der Waals surface area (Å²) < 4.78 is 83.2. The third-order valence-corrected chi connectivity index (χ3v) is 5.34. The molecule has 1 aromatic carbocycles. The van der Waals surface area contributed by atoms with Crippen molar-refractivity contribution >= 4 is 22.8 Å². The van der Waals surface area contributed by atoms with Gasteiger partial charge >= 0.3 is 6.18 Å². The molecule has 13 heteroatoms. The molecule has 0 aliphatic heterocycles. The third kappa shape index (κ3) is 5.45. The van der Waals surface area contributed by atoms with Gasteiger partial charge in [-0.25, -0.2) is 18.2 Å². The summed E-state index contributed by atoms with van der Waals surface area (Å²) in [6.45, 7) is 2.78. The standard InChI is InChI=1S/C23H22F6N4O3/c1-4-17(23(27,28)29)30-22(36)14-10-33(19-15(25)7-12(24)8-16(19)26)21-13(20(14)35)5-6-18(31-21)32(3)9-11(2)34/h5-8,10-11,17,34H,4,9H2,1-3H3,(H,30,36)/t11-,17-/m0/s1. The number of alkyl halides is 3. The number of pyridine rings is 2. The van der Waals surface area contributed by atoms with Gasteiger partial charge in [0.2, 0.25) is 5.43 Å². The molecule has 2 aromatic heterocycles. The molecule has 0 aliphatic rings. The molecule has 2 heterocycles. The fourth-order valence-corrected chi connectivity index (χ4v) is 3.64. The van der Waals surface area contributed by atoms with Crippen molar-refractivity contribution in [2.45, 2.75) is 38.6 Å². The number of fused-ring (bicyclic) bond motifs is 1. The minimum absolute atomic E-state index is 0.0956. The lowest BCUT2D eigenvalue weighted by molar-refractivity contribution is -0.153. The summed E-state index contributed by atoms with van der Waals surface area (Å²) in [7, 11) is 1.55. The highest BCUT2D eigenvalue weighted by Crippen LogP contribution is 2.26. The van der Waals surface area contributed by atoms with Crippen molar-refractivity contribution in [2.24, 2.45) is 0 Å². The normalized spacial score (nSPS) is 13.5. The smallest absolute Gasteiger partial charge is 0.392 e. The largest absolute Gasteiger partial charge is 0.408 e. The van der Waals surface area contributed by atoms with Crippen LogP contribution in [0.4, 0.5) is 32.2 Å². The van der Waals surface area contributed by atoms with Gasteiger partial charge in [-0.1, -0.05) is 6.92 Å². The Hall–Kier alpha value is -3.61. The van der Waals surface area contributed by atoms with Crippen molar-refractivity contribution in [3.63, 3.8) is 0 Å². The van der Waals surface area contributed by atoms with Crippen molar-refractivity contribution < 1.29 is 36.2 Å². The van der Waals surface area contributed by atoms with Crippen LogP contribution < -0.4 is 15.6 Å². The highest BCUT2D eigenvalue weighted by atomic mass is 19.4. The van der Waals surface area contributed by atoms with Crippen molar-refractivity contribution in [3.8, 4) is 5.69 Å². The Labute approximate surface area is 201 Å². The lowest BCUT2D eigenvalue weighted by atomic mass is 10.1. The number of halogens is 6. The number of benzene rings is 1. The number of rotatable bonds is 7. The second-order valence-corrected chi connectivity index (χ2v) is 8.21. The zero-order chi connectivity index (χ0) is 26.9. The Balaban J connectivity index is 2.30. The van der Waals surface area contributed by atoms with Gasteiger partial charge in [-0.15, -0.1) is 0 Å². The minimum atomic E-state index is -4.81. The summed E-state index contributed by atoms with van der Waals surface area (Å²) in [4.78, 5) is 31.5. The molecule has 0 unspecified atom stereocenters. The number of carbonyl (C=O) groups excluding carboxylic acids is 1. The third-order valence-electron chi connectivity index (χ3n) is 5.34. The number of nitrogens with zero attached hydrogens (tertiary/aromatic N) is 3. The Morgan fingerprint density at radius 2 is 1.81 bits per heavy atom. The van der Waals surface area contributed by atoms with Crippen LogP contribution in [0.5, 0.6) is 0 Å². The number of carbonyl (C=O) groups is 1. The summed E-state index contributed by atoms with van der Waals surface area (Å²) >= 11 is 0. The molecule has 0 aliphatic carbocycles. The predicted molar refractivity (Wildman–Crippen MR) is 120 cm³/mol. The number of aliphatic hydroxyl groups excluding tert-OH is 1. The van der Waals surface area contributed by atoms with E-state index in [2.05, 4.69) is 4.98 Å². The topological polar surface area (TPSA) is 87.5 Å². The highest BCUT2D eigenvalue weighted by Gasteiger charge is 2.39. The number of aromatic nitrogens is 2. The molecule has 194 valence electrons. The van der Waals surface area contributed by atoms with Gasteiger partial charge in [-0.05, 0) is 25.5 Å². The van der Waals surface area contributed by atoms with E-state index in [1.54, 1.807) is 12.4 Å². The average Bonchev–Trinajstić information content (AvgIpc) is 2.76. The van der Waals surface area contributed by atoms with Gasteiger partial charge in [0.25, 0.3) is 5.91 Å². The van der Waals surface area contributed by atoms with E-state index in [9.17, 15) is 41.0 Å². The van der Waals surface area contributed by atoms with Gasteiger partial charge < -0.3 is 15.3 Å². The summed E-state index contributed by atoms with van der Waals surface area (Å²) in [5.74, 6) is -5.30. The molecular formula is C23H22F6N4O3. The van der Waals surface area contributed by atoms with Crippen LogP contribution in [-0.4, -0.2) is 52.5 Å². The van der Waals surface area contributed by atoms with Crippen molar-refractivity contribution in [1.82, 2.24) is 14.9 Å². The number of hydrogen-bond acceptors (Lipinski definition) is 5. The van der Waals surface area contributed by atoms with Crippen LogP contribution in [0.15, 0.2) is 35.3 Å². The van der Waals surface area contributed by atoms with Gasteiger partial charge in [0, 0.05) is 31.9 Å². The van der Waals surface area contributed by atoms with Crippen molar-refractivity contribution in [2.75, 3.05) is 18.5 Å². The van der Waals surface area contributed by atoms with E-state index in [1.165, 1.54) is 30.9 Å². The second-order valence-electron chi connectivity index (χ2n) is 8.21. The molecule has 2 atom stereocenters. The van der Waals surface area contributed by atoms with Gasteiger partial charge in [-0.2, -0.15) is 13.2 Å². The van der Waals surface area contributed by atoms with E-state index in [0.717, 1.165) is 0 Å². The van der Waals surface area contributed by atoms with Crippen LogP contribution in [0.1, 0.15) is 30.6 Å². The molecule has 3 aromatic rings. The number of likely N-dealkylation sites (N-methyl/N-ethyl adjacent to an activating group) is 1. The number of amides is 1. The van der Waals surface area contributed by atoms with Gasteiger partial charge in [-0.3, -0.25) is 14.2 Å². The molecule has 0 fully saturated rings. The lowest BCUT2D eigenvalue weighted by Crippen LogP contribution is -2.46. The summed E-state index contributed by atoms with van der Waals surface area (Å²) in [6, 6.07) is 0.971. The first kappa shape index (κ1) is 27.0. The molecule has 2 N–H and O–H groups in total. The second kappa shape index (κ2) is 10.2. The Morgan fingerprint density at radius 3 is 2.33 bits per heavy atom. The van der Waals surface area contributed by atoms with E-state index in [-0.39, 0.29) is 23.4 Å². The maximum atomic E-state index is 14.7. The Kier molecular flexibility index (Phi) is 7.62. The van der Waals surface area contributed by atoms with Crippen LogP contribution >= 0.6 is 0 Å². The Morgan fingerprint density at radius 1 is 1.19 bits per heavy atom. The molecule has 0 spiro atoms. The van der Waals surface area contributed by atoms with E-state index >= 15 is 0 Å². The maximum Gasteiger partial charge on any atom is 0.408 e. The molecule has 1 amide bonds. The quantitative estimate of drug-likeness (QED) is 0.468. The summed E-state index contributed by atoms with van der Waals surface area (Å²) in [5, 5.41) is 11.0. The van der Waals surface area contributed by atoms with E-state index < -0.39 is 64.8 Å². The van der Waals surface area contributed by atoms with Gasteiger partial charge in [0.15, 0.2) is 17.3 Å². The van der Waals surface area contributed by atoms with Crippen LogP contribution in [0, 0.1) is 17.5 Å². The Bertz CT molecular complexity index is 1330. The predicted octanol–water partition coefficient (Wildman–Crippen LogP) is 3.69. The molecule has 7 nitrogen and oxygen atoms in total. The highest BCUT2D eigenvalue weighted by molar-refractivity contribution is 5.97. The molecule has 3 rings (SSSR count). The molecule has 0 bridgehead atoms. The monoisotopic (exact) mass is 516 g/mol.